The molecular formula is C10H7F5O3. The summed E-state index contributed by atoms with van der Waals surface area (Å²) < 4.78 is 66.3. The van der Waals surface area contributed by atoms with Gasteiger partial charge in [0.2, 0.25) is 0 Å². The van der Waals surface area contributed by atoms with Crippen LogP contribution in [0.15, 0.2) is 24.3 Å². The van der Waals surface area contributed by atoms with Gasteiger partial charge >= 0.3 is 18.1 Å². The van der Waals surface area contributed by atoms with Crippen molar-refractivity contribution in [2.75, 3.05) is 6.61 Å². The zero-order valence-electron chi connectivity index (χ0n) is 8.67. The molecule has 0 bridgehead atoms. The van der Waals surface area contributed by atoms with Crippen molar-refractivity contribution in [1.82, 2.24) is 0 Å². The van der Waals surface area contributed by atoms with Crippen molar-refractivity contribution in [3.8, 4) is 5.75 Å². The average molecular weight is 270 g/mol. The summed E-state index contributed by atoms with van der Waals surface area (Å²) >= 11 is 0. The highest BCUT2D eigenvalue weighted by atomic mass is 19.4. The van der Waals surface area contributed by atoms with Gasteiger partial charge in [-0.3, -0.25) is 0 Å². The Morgan fingerprint density at radius 2 is 1.72 bits per heavy atom. The van der Waals surface area contributed by atoms with E-state index in [0.29, 0.717) is 6.07 Å². The van der Waals surface area contributed by atoms with Gasteiger partial charge in [-0.25, -0.2) is 4.79 Å². The van der Waals surface area contributed by atoms with Crippen LogP contribution in [0.4, 0.5) is 22.0 Å². The molecule has 0 aliphatic carbocycles. The van der Waals surface area contributed by atoms with Crippen LogP contribution in [0.25, 0.3) is 0 Å². The summed E-state index contributed by atoms with van der Waals surface area (Å²) in [6.07, 6.45) is -4.70. The minimum absolute atomic E-state index is 0.694. The van der Waals surface area contributed by atoms with Crippen LogP contribution in [0.3, 0.4) is 0 Å². The lowest BCUT2D eigenvalue weighted by Gasteiger charge is -2.17. The van der Waals surface area contributed by atoms with Gasteiger partial charge in [0.25, 0.3) is 0 Å². The Morgan fingerprint density at radius 3 is 2.22 bits per heavy atom. The van der Waals surface area contributed by atoms with E-state index >= 15 is 0 Å². The Bertz CT molecular complexity index is 441. The van der Waals surface area contributed by atoms with Gasteiger partial charge in [0.1, 0.15) is 5.75 Å². The lowest BCUT2D eigenvalue weighted by atomic mass is 10.1. The zero-order chi connectivity index (χ0) is 14.0. The molecular weight excluding hydrogens is 263 g/mol. The quantitative estimate of drug-likeness (QED) is 0.856. The van der Waals surface area contributed by atoms with Crippen molar-refractivity contribution in [3.63, 3.8) is 0 Å². The van der Waals surface area contributed by atoms with Crippen LogP contribution in [0.2, 0.25) is 0 Å². The maximum Gasteiger partial charge on any atom is 0.422 e. The lowest BCUT2D eigenvalue weighted by molar-refractivity contribution is -0.167. The van der Waals surface area contributed by atoms with E-state index in [1.165, 1.54) is 0 Å². The van der Waals surface area contributed by atoms with Gasteiger partial charge in [-0.05, 0) is 12.1 Å². The molecule has 0 aliphatic heterocycles. The fourth-order valence-electron chi connectivity index (χ4n) is 1.13. The molecule has 0 heterocycles. The minimum Gasteiger partial charge on any atom is -0.484 e. The second-order valence-electron chi connectivity index (χ2n) is 3.28. The third kappa shape index (κ3) is 3.31. The predicted molar refractivity (Wildman–Crippen MR) is 49.5 cm³/mol. The Balaban J connectivity index is 3.04. The van der Waals surface area contributed by atoms with Crippen LogP contribution in [0, 0.1) is 0 Å². The number of hydrogen-bond donors (Lipinski definition) is 1. The van der Waals surface area contributed by atoms with Crippen molar-refractivity contribution in [2.24, 2.45) is 0 Å². The second-order valence-corrected chi connectivity index (χ2v) is 3.28. The Hall–Kier alpha value is -1.86. The molecule has 0 saturated heterocycles. The molecule has 3 nitrogen and oxygen atoms in total. The molecule has 0 radical (unpaired) electrons. The van der Waals surface area contributed by atoms with Gasteiger partial charge in [-0.2, -0.15) is 22.0 Å². The highest BCUT2D eigenvalue weighted by Crippen LogP contribution is 2.35. The number of carboxylic acids is 1. The molecule has 1 N–H and O–H groups in total. The summed E-state index contributed by atoms with van der Waals surface area (Å²) in [5.41, 5.74) is -1.12. The summed E-state index contributed by atoms with van der Waals surface area (Å²) in [5.74, 6) is -7.60. The van der Waals surface area contributed by atoms with E-state index in [4.69, 9.17) is 5.11 Å². The maximum atomic E-state index is 13.2. The third-order valence-electron chi connectivity index (χ3n) is 1.89. The molecule has 8 heteroatoms. The van der Waals surface area contributed by atoms with Crippen LogP contribution in [0.1, 0.15) is 5.56 Å². The Morgan fingerprint density at radius 1 is 1.17 bits per heavy atom. The van der Waals surface area contributed by atoms with E-state index in [1.54, 1.807) is 0 Å². The maximum absolute atomic E-state index is 13.2. The van der Waals surface area contributed by atoms with E-state index in [-0.39, 0.29) is 0 Å². The number of carbonyl (C=O) groups is 1. The van der Waals surface area contributed by atoms with Crippen LogP contribution in [-0.2, 0) is 10.7 Å². The number of ether oxygens (including phenoxy) is 1. The SMILES string of the molecule is O=C(O)C(F)(F)c1ccccc1OCC(F)(F)F. The summed E-state index contributed by atoms with van der Waals surface area (Å²) in [4.78, 5) is 10.3. The van der Waals surface area contributed by atoms with E-state index in [1.807, 2.05) is 0 Å². The lowest BCUT2D eigenvalue weighted by Crippen LogP contribution is -2.27. The molecule has 1 aromatic rings. The third-order valence-corrected chi connectivity index (χ3v) is 1.89. The molecule has 0 spiro atoms. The van der Waals surface area contributed by atoms with E-state index in [9.17, 15) is 26.7 Å². The Kier molecular flexibility index (Phi) is 3.78. The van der Waals surface area contributed by atoms with Gasteiger partial charge in [0, 0.05) is 0 Å². The number of halogens is 5. The van der Waals surface area contributed by atoms with Gasteiger partial charge in [0.15, 0.2) is 6.61 Å². The summed E-state index contributed by atoms with van der Waals surface area (Å²) in [5, 5.41) is 8.32. The molecule has 0 aliphatic rings. The van der Waals surface area contributed by atoms with Crippen molar-refractivity contribution < 1.29 is 36.6 Å². The first-order valence-corrected chi connectivity index (χ1v) is 4.55. The van der Waals surface area contributed by atoms with Crippen LogP contribution < -0.4 is 4.74 Å². The van der Waals surface area contributed by atoms with E-state index < -0.39 is 36.0 Å². The van der Waals surface area contributed by atoms with E-state index in [2.05, 4.69) is 4.74 Å². The van der Waals surface area contributed by atoms with Crippen LogP contribution in [-0.4, -0.2) is 23.9 Å². The molecule has 0 atom stereocenters. The number of aliphatic carboxylic acids is 1. The first-order valence-electron chi connectivity index (χ1n) is 4.55. The van der Waals surface area contributed by atoms with Gasteiger partial charge < -0.3 is 9.84 Å². The number of benzene rings is 1. The fourth-order valence-corrected chi connectivity index (χ4v) is 1.13. The number of para-hydroxylation sites is 1. The standard InChI is InChI=1S/C10H7F5O3/c11-9(12,13)5-18-7-4-2-1-3-6(7)10(14,15)8(16)17/h1-4H,5H2,(H,16,17). The average Bonchev–Trinajstić information content (AvgIpc) is 2.25. The smallest absolute Gasteiger partial charge is 0.422 e. The molecule has 1 aromatic carbocycles. The molecule has 0 saturated carbocycles. The minimum atomic E-state index is -4.70. The van der Waals surface area contributed by atoms with Gasteiger partial charge in [-0.1, -0.05) is 12.1 Å². The highest BCUT2D eigenvalue weighted by Gasteiger charge is 2.44. The second kappa shape index (κ2) is 4.79. The van der Waals surface area contributed by atoms with Crippen LogP contribution in [0.5, 0.6) is 5.75 Å². The van der Waals surface area contributed by atoms with E-state index in [0.717, 1.165) is 18.2 Å². The summed E-state index contributed by atoms with van der Waals surface area (Å²) in [6.45, 7) is -1.78. The fraction of sp³-hybridized carbons (Fsp3) is 0.300. The molecule has 0 aromatic heterocycles. The normalized spacial score (nSPS) is 12.3. The van der Waals surface area contributed by atoms with Crippen LogP contribution >= 0.6 is 0 Å². The predicted octanol–water partition coefficient (Wildman–Crippen LogP) is 2.80. The first-order chi connectivity index (χ1) is 8.14. The Labute approximate surface area is 97.8 Å². The molecule has 18 heavy (non-hydrogen) atoms. The topological polar surface area (TPSA) is 46.5 Å². The number of hydrogen-bond acceptors (Lipinski definition) is 2. The first kappa shape index (κ1) is 14.2. The number of carboxylic acid groups (broad SMARTS) is 1. The van der Waals surface area contributed by atoms with Crippen molar-refractivity contribution in [1.29, 1.82) is 0 Å². The molecule has 100 valence electrons. The largest absolute Gasteiger partial charge is 0.484 e. The van der Waals surface area contributed by atoms with Crippen molar-refractivity contribution in [2.45, 2.75) is 12.1 Å². The van der Waals surface area contributed by atoms with Crippen molar-refractivity contribution in [3.05, 3.63) is 29.8 Å². The molecule has 1 rings (SSSR count). The van der Waals surface area contributed by atoms with Gasteiger partial charge in [-0.15, -0.1) is 0 Å². The zero-order valence-corrected chi connectivity index (χ0v) is 8.67. The van der Waals surface area contributed by atoms with Crippen molar-refractivity contribution >= 4 is 5.97 Å². The number of rotatable bonds is 4. The summed E-state index contributed by atoms with van der Waals surface area (Å²) in [6, 6.07) is 3.78. The molecule has 0 amide bonds. The monoisotopic (exact) mass is 270 g/mol. The number of alkyl halides is 5. The van der Waals surface area contributed by atoms with Gasteiger partial charge in [0.05, 0.1) is 5.56 Å². The molecule has 0 unspecified atom stereocenters. The summed E-state index contributed by atoms with van der Waals surface area (Å²) in [7, 11) is 0. The molecule has 0 fully saturated rings. The highest BCUT2D eigenvalue weighted by molar-refractivity contribution is 5.78.